The second-order valence-corrected chi connectivity index (χ2v) is 2.60. The Hall–Kier alpha value is 0.556. The van der Waals surface area contributed by atoms with Crippen LogP contribution in [0.15, 0.2) is 24.3 Å². The van der Waals surface area contributed by atoms with Crippen LogP contribution in [0.5, 0.6) is 5.75 Å². The number of hydrogen-bond donors (Lipinski definition) is 0. The number of methoxy groups -OCH3 is 1. The molecule has 0 bridgehead atoms. The molecule has 13 heavy (non-hydrogen) atoms. The maximum Gasteiger partial charge on any atom is 1.00 e. The van der Waals surface area contributed by atoms with E-state index >= 15 is 0 Å². The van der Waals surface area contributed by atoms with E-state index in [1.807, 2.05) is 12.1 Å². The van der Waals surface area contributed by atoms with Crippen molar-refractivity contribution in [1.82, 2.24) is 0 Å². The molecule has 1 aromatic rings. The molecule has 3 heteroatoms. The summed E-state index contributed by atoms with van der Waals surface area (Å²) in [5, 5.41) is 0.595. The van der Waals surface area contributed by atoms with Crippen molar-refractivity contribution in [3.63, 3.8) is 0 Å². The van der Waals surface area contributed by atoms with Crippen molar-refractivity contribution in [2.75, 3.05) is 7.11 Å². The largest absolute Gasteiger partial charge is 1.00 e. The van der Waals surface area contributed by atoms with Crippen LogP contribution in [-0.2, 0) is 0 Å². The molecule has 1 nitrogen and oxygen atoms in total. The van der Waals surface area contributed by atoms with Crippen LogP contribution < -0.4 is 56.1 Å². The molecule has 0 radical (unpaired) electrons. The third-order valence-corrected chi connectivity index (χ3v) is 1.81. The van der Waals surface area contributed by atoms with Gasteiger partial charge in [-0.1, -0.05) is 5.03 Å². The third-order valence-electron chi connectivity index (χ3n) is 1.46. The molecule has 0 aliphatic rings. The zero-order valence-electron chi connectivity index (χ0n) is 7.80. The van der Waals surface area contributed by atoms with Crippen LogP contribution in [0.2, 0.25) is 0 Å². The molecule has 0 N–H and O–H groups in total. The maximum atomic E-state index is 5.81. The molecule has 0 saturated carbocycles. The predicted octanol–water partition coefficient (Wildman–Crippen LogP) is -0.0868. The monoisotopic (exact) mass is 219 g/mol. The van der Waals surface area contributed by atoms with E-state index in [2.05, 4.69) is 13.0 Å². The summed E-state index contributed by atoms with van der Waals surface area (Å²) < 4.78 is 4.97. The smallest absolute Gasteiger partial charge is 0.540 e. The second-order valence-electron chi connectivity index (χ2n) is 2.19. The summed E-state index contributed by atoms with van der Waals surface area (Å²) in [7, 11) is 1.61. The Kier molecular flexibility index (Phi) is 7.23. The molecule has 1 rings (SSSR count). The molecular weight excluding hydrogens is 211 g/mol. The molecule has 0 spiro atoms. The fourth-order valence-corrected chi connectivity index (χ4v) is 0.914. The van der Waals surface area contributed by atoms with Crippen molar-refractivity contribution in [3.8, 4) is 5.75 Å². The van der Waals surface area contributed by atoms with E-state index in [0.29, 0.717) is 5.03 Å². The minimum atomic E-state index is 0. The summed E-state index contributed by atoms with van der Waals surface area (Å²) in [6, 6.07) is 8.38. The first-order valence-corrected chi connectivity index (χ1v) is 3.86. The normalized spacial score (nSPS) is 10.5. The molecule has 0 aromatic heterocycles. The quantitative estimate of drug-likeness (QED) is 0.499. The number of allylic oxidation sites excluding steroid dienone is 1. The Labute approximate surface area is 127 Å². The van der Waals surface area contributed by atoms with Crippen molar-refractivity contribution in [3.05, 3.63) is 42.8 Å². The predicted molar refractivity (Wildman–Crippen MR) is 51.0 cm³/mol. The molecule has 0 atom stereocenters. The molecule has 0 heterocycles. The van der Waals surface area contributed by atoms with Gasteiger partial charge in [0.2, 0.25) is 0 Å². The number of ether oxygens (including phenoxy) is 1. The standard InChI is InChI=1S/C10H9ClO.K/c1-3-10(11)8-4-6-9(12-2)7-5-8;/h3-4,6-7H,1H2,2H3;/q-2;+1/b10-3+;. The molecule has 0 amide bonds. The summed E-state index contributed by atoms with van der Waals surface area (Å²) >= 11 is 5.81. The Balaban J connectivity index is 0.00000144. The maximum absolute atomic E-state index is 5.81. The topological polar surface area (TPSA) is 9.23 Å². The van der Waals surface area contributed by atoms with Gasteiger partial charge in [0.1, 0.15) is 0 Å². The van der Waals surface area contributed by atoms with Crippen LogP contribution in [-0.4, -0.2) is 7.11 Å². The second kappa shape index (κ2) is 6.93. The molecule has 64 valence electrons. The van der Waals surface area contributed by atoms with Crippen molar-refractivity contribution in [2.24, 2.45) is 0 Å². The van der Waals surface area contributed by atoms with Gasteiger partial charge in [0.25, 0.3) is 0 Å². The van der Waals surface area contributed by atoms with Gasteiger partial charge in [0, 0.05) is 5.75 Å². The SMILES string of the molecule is [CH2-]/C=C(/Cl)c1[c-]cc(OC)cc1.[K+]. The van der Waals surface area contributed by atoms with E-state index in [0.717, 1.165) is 11.3 Å². The van der Waals surface area contributed by atoms with E-state index in [1.165, 1.54) is 0 Å². The van der Waals surface area contributed by atoms with Gasteiger partial charge in [-0.05, 0) is 0 Å². The molecule has 0 aliphatic carbocycles. The van der Waals surface area contributed by atoms with Crippen LogP contribution in [0.25, 0.3) is 5.03 Å². The number of halogens is 1. The minimum absolute atomic E-state index is 0. The average molecular weight is 220 g/mol. The summed E-state index contributed by atoms with van der Waals surface area (Å²) in [6.07, 6.45) is 1.58. The summed E-state index contributed by atoms with van der Waals surface area (Å²) in [5.74, 6) is 0.771. The van der Waals surface area contributed by atoms with E-state index in [9.17, 15) is 0 Å². The van der Waals surface area contributed by atoms with E-state index in [4.69, 9.17) is 16.3 Å². The minimum Gasteiger partial charge on any atom is -0.540 e. The van der Waals surface area contributed by atoms with Gasteiger partial charge >= 0.3 is 51.4 Å². The summed E-state index contributed by atoms with van der Waals surface area (Å²) in [4.78, 5) is 0. The van der Waals surface area contributed by atoms with Gasteiger partial charge in [-0.2, -0.15) is 6.08 Å². The molecular formula is C10H9ClKO-. The van der Waals surface area contributed by atoms with Gasteiger partial charge in [0.15, 0.2) is 0 Å². The van der Waals surface area contributed by atoms with Crippen LogP contribution in [0.3, 0.4) is 0 Å². The average Bonchev–Trinajstić information content (AvgIpc) is 2.17. The molecule has 1 aromatic carbocycles. The zero-order chi connectivity index (χ0) is 8.97. The fourth-order valence-electron chi connectivity index (χ4n) is 0.796. The first kappa shape index (κ1) is 13.6. The Morgan fingerprint density at radius 2 is 2.31 bits per heavy atom. The van der Waals surface area contributed by atoms with Gasteiger partial charge < -0.3 is 4.74 Å². The van der Waals surface area contributed by atoms with Crippen LogP contribution in [0.1, 0.15) is 5.56 Å². The molecule has 0 fully saturated rings. The van der Waals surface area contributed by atoms with E-state index < -0.39 is 0 Å². The van der Waals surface area contributed by atoms with Crippen molar-refractivity contribution in [2.45, 2.75) is 0 Å². The Morgan fingerprint density at radius 1 is 1.62 bits per heavy atom. The third kappa shape index (κ3) is 4.06. The number of hydrogen-bond acceptors (Lipinski definition) is 1. The van der Waals surface area contributed by atoms with Crippen LogP contribution in [0, 0.1) is 13.0 Å². The number of benzene rings is 1. The fraction of sp³-hybridized carbons (Fsp3) is 0.100. The van der Waals surface area contributed by atoms with E-state index in [-0.39, 0.29) is 51.4 Å². The van der Waals surface area contributed by atoms with E-state index in [1.54, 1.807) is 19.3 Å². The Bertz CT molecular complexity index is 279. The van der Waals surface area contributed by atoms with Gasteiger partial charge in [-0.3, -0.25) is 0 Å². The van der Waals surface area contributed by atoms with Crippen LogP contribution >= 0.6 is 11.6 Å². The van der Waals surface area contributed by atoms with Crippen molar-refractivity contribution >= 4 is 16.6 Å². The number of rotatable bonds is 2. The molecule has 0 aliphatic heterocycles. The molecule has 0 saturated heterocycles. The van der Waals surface area contributed by atoms with Gasteiger partial charge in [0.05, 0.1) is 7.11 Å². The first-order valence-electron chi connectivity index (χ1n) is 3.49. The zero-order valence-corrected chi connectivity index (χ0v) is 11.7. The Morgan fingerprint density at radius 3 is 2.69 bits per heavy atom. The van der Waals surface area contributed by atoms with Gasteiger partial charge in [-0.15, -0.1) is 41.4 Å². The first-order chi connectivity index (χ1) is 5.77. The van der Waals surface area contributed by atoms with Crippen molar-refractivity contribution < 1.29 is 56.1 Å². The summed E-state index contributed by atoms with van der Waals surface area (Å²) in [5.41, 5.74) is 0.826. The van der Waals surface area contributed by atoms with Crippen LogP contribution in [0.4, 0.5) is 0 Å². The molecule has 0 unspecified atom stereocenters. The van der Waals surface area contributed by atoms with Gasteiger partial charge in [-0.25, -0.2) is 6.92 Å². The summed E-state index contributed by atoms with van der Waals surface area (Å²) in [6.45, 7) is 3.56. The van der Waals surface area contributed by atoms with Crippen molar-refractivity contribution in [1.29, 1.82) is 0 Å².